The first-order valence-electron chi connectivity index (χ1n) is 7.13. The standard InChI is InChI=1S/C14H28N2/c1-16(2)12-14(10-6-7-11-15-14)13-8-4-3-5-9-13/h13,15H,3-12H2,1-2H3. The molecule has 2 nitrogen and oxygen atoms in total. The van der Waals surface area contributed by atoms with Crippen molar-refractivity contribution < 1.29 is 0 Å². The molecule has 1 heterocycles. The zero-order valence-electron chi connectivity index (χ0n) is 11.1. The molecule has 0 bridgehead atoms. The van der Waals surface area contributed by atoms with Crippen LogP contribution in [0.2, 0.25) is 0 Å². The molecule has 2 fully saturated rings. The topological polar surface area (TPSA) is 15.3 Å². The van der Waals surface area contributed by atoms with Gasteiger partial charge in [-0.25, -0.2) is 0 Å². The molecule has 2 aliphatic rings. The average molecular weight is 224 g/mol. The van der Waals surface area contributed by atoms with E-state index in [1.54, 1.807) is 0 Å². The van der Waals surface area contributed by atoms with Crippen molar-refractivity contribution in [1.29, 1.82) is 0 Å². The van der Waals surface area contributed by atoms with Crippen LogP contribution in [-0.2, 0) is 0 Å². The minimum atomic E-state index is 0.447. The van der Waals surface area contributed by atoms with Crippen LogP contribution in [0.5, 0.6) is 0 Å². The van der Waals surface area contributed by atoms with Crippen molar-refractivity contribution in [3.05, 3.63) is 0 Å². The summed E-state index contributed by atoms with van der Waals surface area (Å²) < 4.78 is 0. The van der Waals surface area contributed by atoms with Crippen molar-refractivity contribution >= 4 is 0 Å². The minimum Gasteiger partial charge on any atom is -0.310 e. The second-order valence-electron chi connectivity index (χ2n) is 6.11. The van der Waals surface area contributed by atoms with E-state index in [1.807, 2.05) is 0 Å². The monoisotopic (exact) mass is 224 g/mol. The molecular weight excluding hydrogens is 196 g/mol. The van der Waals surface area contributed by atoms with E-state index in [2.05, 4.69) is 24.3 Å². The zero-order chi connectivity index (χ0) is 11.4. The molecule has 94 valence electrons. The molecule has 0 aromatic rings. The summed E-state index contributed by atoms with van der Waals surface area (Å²) in [5, 5.41) is 3.89. The van der Waals surface area contributed by atoms with E-state index in [1.165, 1.54) is 64.5 Å². The molecule has 1 N–H and O–H groups in total. The fraction of sp³-hybridized carbons (Fsp3) is 1.00. The quantitative estimate of drug-likeness (QED) is 0.793. The molecule has 2 rings (SSSR count). The van der Waals surface area contributed by atoms with Crippen molar-refractivity contribution in [2.45, 2.75) is 56.9 Å². The van der Waals surface area contributed by atoms with Gasteiger partial charge in [-0.05, 0) is 52.2 Å². The summed E-state index contributed by atoms with van der Waals surface area (Å²) in [6.45, 7) is 2.47. The first-order chi connectivity index (χ1) is 7.73. The van der Waals surface area contributed by atoms with Crippen LogP contribution in [0.25, 0.3) is 0 Å². The van der Waals surface area contributed by atoms with Gasteiger partial charge in [0.25, 0.3) is 0 Å². The molecule has 1 unspecified atom stereocenters. The molecule has 0 amide bonds. The number of hydrogen-bond donors (Lipinski definition) is 1. The maximum atomic E-state index is 3.89. The number of hydrogen-bond acceptors (Lipinski definition) is 2. The first kappa shape index (κ1) is 12.4. The summed E-state index contributed by atoms with van der Waals surface area (Å²) in [5.74, 6) is 0.934. The molecule has 16 heavy (non-hydrogen) atoms. The molecule has 1 aliphatic heterocycles. The lowest BCUT2D eigenvalue weighted by Crippen LogP contribution is -2.59. The van der Waals surface area contributed by atoms with E-state index in [9.17, 15) is 0 Å². The number of nitrogens with zero attached hydrogens (tertiary/aromatic N) is 1. The Bertz CT molecular complexity index is 201. The molecule has 0 spiro atoms. The van der Waals surface area contributed by atoms with Crippen LogP contribution in [0.3, 0.4) is 0 Å². The third kappa shape index (κ3) is 2.78. The fourth-order valence-electron chi connectivity index (χ4n) is 3.82. The Morgan fingerprint density at radius 3 is 2.38 bits per heavy atom. The van der Waals surface area contributed by atoms with Gasteiger partial charge in [0.2, 0.25) is 0 Å². The summed E-state index contributed by atoms with van der Waals surface area (Å²) in [7, 11) is 4.45. The highest BCUT2D eigenvalue weighted by Gasteiger charge is 2.39. The smallest absolute Gasteiger partial charge is 0.0336 e. The minimum absolute atomic E-state index is 0.447. The lowest BCUT2D eigenvalue weighted by molar-refractivity contribution is 0.0934. The zero-order valence-corrected chi connectivity index (χ0v) is 11.1. The summed E-state index contributed by atoms with van der Waals surface area (Å²) in [5.41, 5.74) is 0.447. The van der Waals surface area contributed by atoms with E-state index in [0.29, 0.717) is 5.54 Å². The average Bonchev–Trinajstić information content (AvgIpc) is 2.30. The van der Waals surface area contributed by atoms with E-state index >= 15 is 0 Å². The maximum Gasteiger partial charge on any atom is 0.0336 e. The van der Waals surface area contributed by atoms with Crippen molar-refractivity contribution in [3.8, 4) is 0 Å². The first-order valence-corrected chi connectivity index (χ1v) is 7.13. The molecule has 1 saturated carbocycles. The molecule has 0 aromatic carbocycles. The summed E-state index contributed by atoms with van der Waals surface area (Å²) in [6, 6.07) is 0. The van der Waals surface area contributed by atoms with Gasteiger partial charge in [-0.3, -0.25) is 0 Å². The second-order valence-corrected chi connectivity index (χ2v) is 6.11. The molecule has 1 atom stereocenters. The van der Waals surface area contributed by atoms with E-state index in [-0.39, 0.29) is 0 Å². The highest BCUT2D eigenvalue weighted by Crippen LogP contribution is 2.37. The fourth-order valence-corrected chi connectivity index (χ4v) is 3.82. The van der Waals surface area contributed by atoms with Gasteiger partial charge in [0.1, 0.15) is 0 Å². The highest BCUT2D eigenvalue weighted by molar-refractivity contribution is 4.99. The molecule has 0 radical (unpaired) electrons. The maximum absolute atomic E-state index is 3.89. The summed E-state index contributed by atoms with van der Waals surface area (Å²) >= 11 is 0. The highest BCUT2D eigenvalue weighted by atomic mass is 15.1. The van der Waals surface area contributed by atoms with Gasteiger partial charge in [0, 0.05) is 12.1 Å². The Kier molecular flexibility index (Phi) is 4.26. The number of piperidine rings is 1. The summed E-state index contributed by atoms with van der Waals surface area (Å²) in [6.07, 6.45) is 11.5. The predicted molar refractivity (Wildman–Crippen MR) is 69.7 cm³/mol. The van der Waals surface area contributed by atoms with Crippen LogP contribution in [0.1, 0.15) is 51.4 Å². The van der Waals surface area contributed by atoms with Crippen molar-refractivity contribution in [2.75, 3.05) is 27.2 Å². The Morgan fingerprint density at radius 1 is 1.06 bits per heavy atom. The van der Waals surface area contributed by atoms with Crippen LogP contribution in [-0.4, -0.2) is 37.6 Å². The van der Waals surface area contributed by atoms with Gasteiger partial charge in [-0.15, -0.1) is 0 Å². The third-order valence-electron chi connectivity index (χ3n) is 4.51. The van der Waals surface area contributed by atoms with Gasteiger partial charge in [-0.1, -0.05) is 25.7 Å². The van der Waals surface area contributed by atoms with Crippen LogP contribution in [0.15, 0.2) is 0 Å². The Hall–Kier alpha value is -0.0800. The predicted octanol–water partition coefficient (Wildman–Crippen LogP) is 2.64. The van der Waals surface area contributed by atoms with E-state index in [0.717, 1.165) is 5.92 Å². The van der Waals surface area contributed by atoms with Gasteiger partial charge < -0.3 is 10.2 Å². The van der Waals surface area contributed by atoms with Crippen molar-refractivity contribution in [1.82, 2.24) is 10.2 Å². The van der Waals surface area contributed by atoms with Crippen LogP contribution >= 0.6 is 0 Å². The summed E-state index contributed by atoms with van der Waals surface area (Å²) in [4.78, 5) is 2.38. The largest absolute Gasteiger partial charge is 0.310 e. The molecule has 2 heteroatoms. The number of likely N-dealkylation sites (N-methyl/N-ethyl adjacent to an activating group) is 1. The number of rotatable bonds is 3. The van der Waals surface area contributed by atoms with Crippen LogP contribution in [0.4, 0.5) is 0 Å². The lowest BCUT2D eigenvalue weighted by atomic mass is 9.70. The normalized spacial score (nSPS) is 33.2. The van der Waals surface area contributed by atoms with E-state index in [4.69, 9.17) is 0 Å². The molecule has 1 aliphatic carbocycles. The van der Waals surface area contributed by atoms with Crippen molar-refractivity contribution in [2.24, 2.45) is 5.92 Å². The van der Waals surface area contributed by atoms with E-state index < -0.39 is 0 Å². The van der Waals surface area contributed by atoms with Gasteiger partial charge in [-0.2, -0.15) is 0 Å². The Labute approximate surface area is 101 Å². The Morgan fingerprint density at radius 2 is 1.81 bits per heavy atom. The van der Waals surface area contributed by atoms with Crippen LogP contribution < -0.4 is 5.32 Å². The Balaban J connectivity index is 2.05. The third-order valence-corrected chi connectivity index (χ3v) is 4.51. The second kappa shape index (κ2) is 5.50. The lowest BCUT2D eigenvalue weighted by Gasteiger charge is -2.47. The molecular formula is C14H28N2. The molecule has 0 aromatic heterocycles. The van der Waals surface area contributed by atoms with Gasteiger partial charge in [0.15, 0.2) is 0 Å². The van der Waals surface area contributed by atoms with Gasteiger partial charge in [0.05, 0.1) is 0 Å². The number of nitrogens with one attached hydrogen (secondary N) is 1. The molecule has 1 saturated heterocycles. The SMILES string of the molecule is CN(C)CC1(C2CCCCC2)CCCCN1. The van der Waals surface area contributed by atoms with Gasteiger partial charge >= 0.3 is 0 Å². The van der Waals surface area contributed by atoms with Crippen LogP contribution in [0, 0.1) is 5.92 Å². The van der Waals surface area contributed by atoms with Crippen molar-refractivity contribution in [3.63, 3.8) is 0 Å².